The predicted octanol–water partition coefficient (Wildman–Crippen LogP) is 4.40. The molecule has 0 aliphatic heterocycles. The van der Waals surface area contributed by atoms with Crippen molar-refractivity contribution in [3.05, 3.63) is 0 Å². The lowest BCUT2D eigenvalue weighted by Gasteiger charge is -2.28. The Bertz CT molecular complexity index is 194. The van der Waals surface area contributed by atoms with Crippen LogP contribution in [0, 0.1) is 0 Å². The smallest absolute Gasteiger partial charge is 0.200 e. The van der Waals surface area contributed by atoms with E-state index in [-0.39, 0.29) is 12.8 Å². The largest absolute Gasteiger partial charge is 0.459 e. The van der Waals surface area contributed by atoms with E-state index >= 15 is 0 Å². The fraction of sp³-hybridized carbons (Fsp3) is 1.00. The SMILES string of the molecule is CCCCCC(F)(F)C(F)(F)C(F)(F)F. The molecule has 0 saturated heterocycles. The number of alkyl halides is 7. The summed E-state index contributed by atoms with van der Waals surface area (Å²) in [4.78, 5) is 0. The molecule has 0 rings (SSSR count). The summed E-state index contributed by atoms with van der Waals surface area (Å²) in [5.74, 6) is -11.0. The molecular weight excluding hydrogens is 229 g/mol. The van der Waals surface area contributed by atoms with Crippen molar-refractivity contribution in [1.82, 2.24) is 0 Å². The van der Waals surface area contributed by atoms with Crippen molar-refractivity contribution in [2.45, 2.75) is 50.6 Å². The van der Waals surface area contributed by atoms with Crippen molar-refractivity contribution in [1.29, 1.82) is 0 Å². The number of unbranched alkanes of at least 4 members (excludes halogenated alkanes) is 2. The van der Waals surface area contributed by atoms with Crippen molar-refractivity contribution in [3.8, 4) is 0 Å². The summed E-state index contributed by atoms with van der Waals surface area (Å²) in [5.41, 5.74) is 0. The molecule has 0 nitrogen and oxygen atoms in total. The van der Waals surface area contributed by atoms with E-state index in [1.165, 1.54) is 0 Å². The Balaban J connectivity index is 4.56. The third kappa shape index (κ3) is 3.24. The van der Waals surface area contributed by atoms with E-state index in [9.17, 15) is 30.7 Å². The van der Waals surface area contributed by atoms with Crippen LogP contribution in [0.2, 0.25) is 0 Å². The summed E-state index contributed by atoms with van der Waals surface area (Å²) >= 11 is 0. The molecule has 0 aliphatic rings. The topological polar surface area (TPSA) is 0 Å². The molecule has 0 aliphatic carbocycles. The molecule has 0 aromatic carbocycles. The van der Waals surface area contributed by atoms with Crippen molar-refractivity contribution in [3.63, 3.8) is 0 Å². The van der Waals surface area contributed by atoms with Gasteiger partial charge in [0, 0.05) is 6.42 Å². The lowest BCUT2D eigenvalue weighted by molar-refractivity contribution is -0.355. The Hall–Kier alpha value is -0.490. The van der Waals surface area contributed by atoms with Crippen LogP contribution in [-0.4, -0.2) is 18.0 Å². The van der Waals surface area contributed by atoms with Crippen molar-refractivity contribution in [2.75, 3.05) is 0 Å². The zero-order valence-corrected chi connectivity index (χ0v) is 7.97. The second-order valence-electron chi connectivity index (χ2n) is 3.23. The maximum absolute atomic E-state index is 12.6. The lowest BCUT2D eigenvalue weighted by atomic mass is 10.0. The number of halogens is 7. The Morgan fingerprint density at radius 2 is 1.27 bits per heavy atom. The number of hydrogen-bond donors (Lipinski definition) is 0. The first kappa shape index (κ1) is 14.5. The molecule has 0 saturated carbocycles. The predicted molar refractivity (Wildman–Crippen MR) is 40.1 cm³/mol. The molecule has 0 spiro atoms. The van der Waals surface area contributed by atoms with E-state index in [1.807, 2.05) is 0 Å². The summed E-state index contributed by atoms with van der Waals surface area (Å²) in [6.45, 7) is 1.63. The highest BCUT2D eigenvalue weighted by Crippen LogP contribution is 2.48. The summed E-state index contributed by atoms with van der Waals surface area (Å²) in [7, 11) is 0. The molecule has 0 atom stereocenters. The van der Waals surface area contributed by atoms with E-state index in [4.69, 9.17) is 0 Å². The highest BCUT2D eigenvalue weighted by molar-refractivity contribution is 4.90. The second-order valence-corrected chi connectivity index (χ2v) is 3.23. The molecule has 0 fully saturated rings. The molecule has 92 valence electrons. The zero-order valence-electron chi connectivity index (χ0n) is 7.97. The van der Waals surface area contributed by atoms with Crippen LogP contribution >= 0.6 is 0 Å². The van der Waals surface area contributed by atoms with Gasteiger partial charge in [-0.2, -0.15) is 30.7 Å². The Labute approximate surface area is 82.5 Å². The average Bonchev–Trinajstić information content (AvgIpc) is 2.02. The van der Waals surface area contributed by atoms with Gasteiger partial charge in [-0.15, -0.1) is 0 Å². The summed E-state index contributed by atoms with van der Waals surface area (Å²) in [6.07, 6.45) is -7.34. The van der Waals surface area contributed by atoms with E-state index in [1.54, 1.807) is 6.92 Å². The van der Waals surface area contributed by atoms with Gasteiger partial charge >= 0.3 is 18.0 Å². The quantitative estimate of drug-likeness (QED) is 0.493. The van der Waals surface area contributed by atoms with Gasteiger partial charge in [0.05, 0.1) is 0 Å². The first-order chi connectivity index (χ1) is 6.56. The first-order valence-corrected chi connectivity index (χ1v) is 4.38. The van der Waals surface area contributed by atoms with Gasteiger partial charge in [-0.25, -0.2) is 0 Å². The van der Waals surface area contributed by atoms with Gasteiger partial charge < -0.3 is 0 Å². The van der Waals surface area contributed by atoms with Gasteiger partial charge in [0.2, 0.25) is 0 Å². The van der Waals surface area contributed by atoms with Crippen molar-refractivity contribution in [2.24, 2.45) is 0 Å². The first-order valence-electron chi connectivity index (χ1n) is 4.38. The molecule has 7 heteroatoms. The summed E-state index contributed by atoms with van der Waals surface area (Å²) in [6, 6.07) is 0. The zero-order chi connectivity index (χ0) is 12.3. The van der Waals surface area contributed by atoms with Crippen molar-refractivity contribution >= 4 is 0 Å². The number of rotatable bonds is 5. The fourth-order valence-electron chi connectivity index (χ4n) is 0.961. The fourth-order valence-corrected chi connectivity index (χ4v) is 0.961. The molecule has 15 heavy (non-hydrogen) atoms. The molecule has 0 amide bonds. The van der Waals surface area contributed by atoms with E-state index < -0.39 is 24.4 Å². The van der Waals surface area contributed by atoms with E-state index in [2.05, 4.69) is 0 Å². The minimum absolute atomic E-state index is 0.198. The molecule has 0 unspecified atom stereocenters. The Morgan fingerprint density at radius 1 is 0.800 bits per heavy atom. The minimum Gasteiger partial charge on any atom is -0.200 e. The molecular formula is C8H11F7. The van der Waals surface area contributed by atoms with Crippen LogP contribution in [-0.2, 0) is 0 Å². The highest BCUT2D eigenvalue weighted by Gasteiger charge is 2.72. The van der Waals surface area contributed by atoms with Gasteiger partial charge in [0.25, 0.3) is 0 Å². The monoisotopic (exact) mass is 240 g/mol. The van der Waals surface area contributed by atoms with Gasteiger partial charge in [-0.1, -0.05) is 19.8 Å². The Kier molecular flexibility index (Phi) is 4.42. The van der Waals surface area contributed by atoms with Gasteiger partial charge in [0.15, 0.2) is 0 Å². The number of hydrogen-bond acceptors (Lipinski definition) is 0. The maximum Gasteiger partial charge on any atom is 0.459 e. The van der Waals surface area contributed by atoms with Crippen LogP contribution in [0.5, 0.6) is 0 Å². The second kappa shape index (κ2) is 4.57. The van der Waals surface area contributed by atoms with Crippen LogP contribution in [0.25, 0.3) is 0 Å². The Morgan fingerprint density at radius 3 is 1.60 bits per heavy atom. The van der Waals surface area contributed by atoms with Crippen LogP contribution in [0.1, 0.15) is 32.6 Å². The van der Waals surface area contributed by atoms with Crippen LogP contribution in [0.3, 0.4) is 0 Å². The van der Waals surface area contributed by atoms with Gasteiger partial charge in [0.1, 0.15) is 0 Å². The van der Waals surface area contributed by atoms with E-state index in [0.29, 0.717) is 6.42 Å². The molecule has 0 bridgehead atoms. The van der Waals surface area contributed by atoms with Crippen molar-refractivity contribution < 1.29 is 30.7 Å². The average molecular weight is 240 g/mol. The van der Waals surface area contributed by atoms with Crippen LogP contribution in [0.4, 0.5) is 30.7 Å². The van der Waals surface area contributed by atoms with Gasteiger partial charge in [-0.05, 0) is 6.42 Å². The molecule has 0 heterocycles. The van der Waals surface area contributed by atoms with E-state index in [0.717, 1.165) is 0 Å². The highest BCUT2D eigenvalue weighted by atomic mass is 19.4. The minimum atomic E-state index is -6.21. The molecule has 0 aromatic heterocycles. The third-order valence-corrected chi connectivity index (χ3v) is 1.91. The lowest BCUT2D eigenvalue weighted by Crippen LogP contribution is -2.51. The summed E-state index contributed by atoms with van der Waals surface area (Å²) < 4.78 is 84.4. The normalized spacial score (nSPS) is 14.4. The van der Waals surface area contributed by atoms with Gasteiger partial charge in [-0.3, -0.25) is 0 Å². The van der Waals surface area contributed by atoms with Crippen LogP contribution in [0.15, 0.2) is 0 Å². The molecule has 0 aromatic rings. The maximum atomic E-state index is 12.6. The summed E-state index contributed by atoms with van der Waals surface area (Å²) in [5, 5.41) is 0. The third-order valence-electron chi connectivity index (χ3n) is 1.91. The standard InChI is InChI=1S/C8H11F7/c1-2-3-4-5-6(9,10)7(11,12)8(13,14)15/h2-5H2,1H3. The molecule has 0 radical (unpaired) electrons. The molecule has 0 N–H and O–H groups in total. The van der Waals surface area contributed by atoms with Crippen LogP contribution < -0.4 is 0 Å².